The van der Waals surface area contributed by atoms with Gasteiger partial charge in [0.05, 0.1) is 18.2 Å². The van der Waals surface area contributed by atoms with Crippen molar-refractivity contribution in [2.45, 2.75) is 18.8 Å². The van der Waals surface area contributed by atoms with Gasteiger partial charge in [0.15, 0.2) is 0 Å². The van der Waals surface area contributed by atoms with Crippen LogP contribution >= 0.6 is 0 Å². The maximum atomic E-state index is 12.5. The summed E-state index contributed by atoms with van der Waals surface area (Å²) >= 11 is 0. The Morgan fingerprint density at radius 2 is 1.78 bits per heavy atom. The van der Waals surface area contributed by atoms with Crippen molar-refractivity contribution in [1.82, 2.24) is 14.8 Å². The Morgan fingerprint density at radius 1 is 1.11 bits per heavy atom. The van der Waals surface area contributed by atoms with Crippen LogP contribution in [-0.4, -0.2) is 25.8 Å². The highest BCUT2D eigenvalue weighted by molar-refractivity contribution is 6.01. The summed E-state index contributed by atoms with van der Waals surface area (Å²) in [5, 5.41) is 16.6. The minimum Gasteiger partial charge on any atom is -0.386 e. The van der Waals surface area contributed by atoms with Crippen LogP contribution in [-0.2, 0) is 12.7 Å². The van der Waals surface area contributed by atoms with Crippen LogP contribution < -0.4 is 5.32 Å². The number of amides is 1. The fraction of sp³-hybridized carbons (Fsp3) is 0.167. The molecule has 1 aromatic heterocycles. The summed E-state index contributed by atoms with van der Waals surface area (Å²) in [4.78, 5) is 16.0. The van der Waals surface area contributed by atoms with Gasteiger partial charge in [-0.25, -0.2) is 9.67 Å². The van der Waals surface area contributed by atoms with Crippen molar-refractivity contribution in [2.75, 3.05) is 5.32 Å². The first-order valence-corrected chi connectivity index (χ1v) is 7.94. The number of nitrogens with zero attached hydrogens (tertiary/aromatic N) is 3. The van der Waals surface area contributed by atoms with Gasteiger partial charge in [0.1, 0.15) is 6.33 Å². The fourth-order valence-corrected chi connectivity index (χ4v) is 2.37. The molecule has 0 spiro atoms. The van der Waals surface area contributed by atoms with Crippen molar-refractivity contribution < 1.29 is 23.1 Å². The van der Waals surface area contributed by atoms with Crippen molar-refractivity contribution in [3.63, 3.8) is 0 Å². The van der Waals surface area contributed by atoms with Crippen molar-refractivity contribution in [3.05, 3.63) is 77.9 Å². The number of carbonyl (C=O) groups excluding carboxylic acids is 1. The number of nitrogens with one attached hydrogen (secondary N) is 1. The van der Waals surface area contributed by atoms with E-state index in [1.807, 2.05) is 6.07 Å². The largest absolute Gasteiger partial charge is 0.416 e. The smallest absolute Gasteiger partial charge is 0.386 e. The quantitative estimate of drug-likeness (QED) is 0.716. The van der Waals surface area contributed by atoms with Gasteiger partial charge < -0.3 is 10.4 Å². The zero-order chi connectivity index (χ0) is 19.4. The molecule has 0 unspecified atom stereocenters. The molecule has 0 saturated carbocycles. The summed E-state index contributed by atoms with van der Waals surface area (Å²) in [6, 6.07) is 13.0. The third kappa shape index (κ3) is 4.70. The lowest BCUT2D eigenvalue weighted by Gasteiger charge is -2.10. The van der Waals surface area contributed by atoms with Crippen LogP contribution in [0.5, 0.6) is 0 Å². The predicted octanol–water partition coefficient (Wildman–Crippen LogP) is 3.28. The Balaban J connectivity index is 1.63. The molecule has 1 atom stereocenters. The second-order valence-electron chi connectivity index (χ2n) is 5.75. The van der Waals surface area contributed by atoms with E-state index in [2.05, 4.69) is 15.4 Å². The van der Waals surface area contributed by atoms with E-state index in [9.17, 15) is 23.1 Å². The van der Waals surface area contributed by atoms with Crippen LogP contribution in [0.15, 0.2) is 60.9 Å². The molecule has 2 N–H and O–H groups in total. The number of aliphatic hydroxyl groups excluding tert-OH is 1. The van der Waals surface area contributed by atoms with Crippen LogP contribution in [0.4, 0.5) is 18.9 Å². The van der Waals surface area contributed by atoms with E-state index in [-0.39, 0.29) is 18.1 Å². The Bertz CT molecular complexity index is 908. The van der Waals surface area contributed by atoms with E-state index in [0.29, 0.717) is 5.56 Å². The number of aromatic nitrogens is 3. The Morgan fingerprint density at radius 3 is 2.41 bits per heavy atom. The van der Waals surface area contributed by atoms with Gasteiger partial charge in [-0.3, -0.25) is 4.79 Å². The second kappa shape index (κ2) is 7.58. The highest BCUT2D eigenvalue weighted by Crippen LogP contribution is 2.29. The first-order chi connectivity index (χ1) is 12.8. The molecule has 6 nitrogen and oxygen atoms in total. The summed E-state index contributed by atoms with van der Waals surface area (Å²) in [6.45, 7) is 0.102. The monoisotopic (exact) mass is 376 g/mol. The number of aliphatic hydroxyl groups is 1. The van der Waals surface area contributed by atoms with Gasteiger partial charge in [-0.05, 0) is 29.8 Å². The molecule has 0 bridgehead atoms. The van der Waals surface area contributed by atoms with Gasteiger partial charge in [0.2, 0.25) is 5.82 Å². The van der Waals surface area contributed by atoms with Gasteiger partial charge in [-0.15, -0.1) is 5.10 Å². The Kier molecular flexibility index (Phi) is 5.22. The summed E-state index contributed by atoms with van der Waals surface area (Å²) in [7, 11) is 0. The molecule has 0 radical (unpaired) electrons. The number of halogens is 3. The molecule has 9 heteroatoms. The number of anilines is 1. The molecular weight excluding hydrogens is 361 g/mol. The third-order valence-electron chi connectivity index (χ3n) is 3.75. The van der Waals surface area contributed by atoms with E-state index >= 15 is 0 Å². The first-order valence-electron chi connectivity index (χ1n) is 7.94. The maximum absolute atomic E-state index is 12.5. The number of benzene rings is 2. The Hall–Kier alpha value is -3.20. The lowest BCUT2D eigenvalue weighted by Crippen LogP contribution is -2.15. The van der Waals surface area contributed by atoms with Gasteiger partial charge in [-0.1, -0.05) is 30.3 Å². The van der Waals surface area contributed by atoms with Crippen LogP contribution in [0.1, 0.15) is 27.8 Å². The molecule has 0 aliphatic heterocycles. The summed E-state index contributed by atoms with van der Waals surface area (Å²) in [5.41, 5.74) is 0.0789. The fourth-order valence-electron chi connectivity index (χ4n) is 2.37. The van der Waals surface area contributed by atoms with Crippen LogP contribution in [0.3, 0.4) is 0 Å². The first kappa shape index (κ1) is 18.6. The Labute approximate surface area is 152 Å². The summed E-state index contributed by atoms with van der Waals surface area (Å²) in [6.07, 6.45) is -3.96. The minimum absolute atomic E-state index is 0.102. The predicted molar refractivity (Wildman–Crippen MR) is 90.8 cm³/mol. The molecule has 27 heavy (non-hydrogen) atoms. The summed E-state index contributed by atoms with van der Waals surface area (Å²) < 4.78 is 39.0. The van der Waals surface area contributed by atoms with Crippen molar-refractivity contribution >= 4 is 11.6 Å². The molecule has 3 aromatic rings. The normalized spacial score (nSPS) is 12.6. The van der Waals surface area contributed by atoms with E-state index in [1.54, 1.807) is 24.3 Å². The van der Waals surface area contributed by atoms with E-state index in [0.717, 1.165) is 24.3 Å². The van der Waals surface area contributed by atoms with Crippen LogP contribution in [0.2, 0.25) is 0 Å². The highest BCUT2D eigenvalue weighted by atomic mass is 19.4. The third-order valence-corrected chi connectivity index (χ3v) is 3.75. The van der Waals surface area contributed by atoms with Crippen molar-refractivity contribution in [2.24, 2.45) is 0 Å². The molecule has 1 heterocycles. The van der Waals surface area contributed by atoms with Crippen molar-refractivity contribution in [3.8, 4) is 0 Å². The molecule has 1 amide bonds. The SMILES string of the molecule is O=C(Nc1ccc(C(F)(F)F)cc1)c1ncn(C[C@@H](O)c2ccccc2)n1. The van der Waals surface area contributed by atoms with E-state index < -0.39 is 23.8 Å². The van der Waals surface area contributed by atoms with Gasteiger partial charge in [-0.2, -0.15) is 13.2 Å². The topological polar surface area (TPSA) is 80.0 Å². The van der Waals surface area contributed by atoms with E-state index in [1.165, 1.54) is 11.0 Å². The van der Waals surface area contributed by atoms with Crippen molar-refractivity contribution in [1.29, 1.82) is 0 Å². The molecule has 0 saturated heterocycles. The molecule has 0 fully saturated rings. The van der Waals surface area contributed by atoms with E-state index in [4.69, 9.17) is 0 Å². The lowest BCUT2D eigenvalue weighted by molar-refractivity contribution is -0.137. The lowest BCUT2D eigenvalue weighted by atomic mass is 10.1. The molecule has 140 valence electrons. The number of carbonyl (C=O) groups is 1. The van der Waals surface area contributed by atoms with Gasteiger partial charge >= 0.3 is 6.18 Å². The number of hydrogen-bond donors (Lipinski definition) is 2. The maximum Gasteiger partial charge on any atom is 0.416 e. The average molecular weight is 376 g/mol. The number of hydrogen-bond acceptors (Lipinski definition) is 4. The minimum atomic E-state index is -4.44. The molecule has 2 aromatic carbocycles. The zero-order valence-corrected chi connectivity index (χ0v) is 13.9. The molecular formula is C18H15F3N4O2. The molecule has 0 aliphatic rings. The van der Waals surface area contributed by atoms with Crippen LogP contribution in [0.25, 0.3) is 0 Å². The zero-order valence-electron chi connectivity index (χ0n) is 13.9. The molecule has 3 rings (SSSR count). The summed E-state index contributed by atoms with van der Waals surface area (Å²) in [5.74, 6) is -0.821. The standard InChI is InChI=1S/C18H15F3N4O2/c19-18(20,21)13-6-8-14(9-7-13)23-17(27)16-22-11-25(24-16)10-15(26)12-4-2-1-3-5-12/h1-9,11,15,26H,10H2,(H,23,27)/t15-/m1/s1. The van der Waals surface area contributed by atoms with Gasteiger partial charge in [0, 0.05) is 5.69 Å². The number of alkyl halides is 3. The highest BCUT2D eigenvalue weighted by Gasteiger charge is 2.30. The molecule has 0 aliphatic carbocycles. The van der Waals surface area contributed by atoms with Gasteiger partial charge in [0.25, 0.3) is 5.91 Å². The average Bonchev–Trinajstić information content (AvgIpc) is 3.11. The number of rotatable bonds is 5. The van der Waals surface area contributed by atoms with Crippen LogP contribution in [0, 0.1) is 0 Å². The second-order valence-corrected chi connectivity index (χ2v) is 5.75.